The van der Waals surface area contributed by atoms with Crippen molar-refractivity contribution in [3.05, 3.63) is 60.2 Å². The summed E-state index contributed by atoms with van der Waals surface area (Å²) >= 11 is 4.73. The second-order valence-corrected chi connectivity index (χ2v) is 7.50. The zero-order valence-electron chi connectivity index (χ0n) is 15.4. The molecule has 1 aliphatic rings. The highest BCUT2D eigenvalue weighted by Gasteiger charge is 2.23. The molecule has 1 saturated heterocycles. The lowest BCUT2D eigenvalue weighted by molar-refractivity contribution is -0.900. The minimum absolute atomic E-state index is 0.270. The van der Waals surface area contributed by atoms with E-state index in [0.29, 0.717) is 13.2 Å². The zero-order chi connectivity index (χ0) is 18.2. The van der Waals surface area contributed by atoms with Gasteiger partial charge in [-0.3, -0.25) is 0 Å². The van der Waals surface area contributed by atoms with Gasteiger partial charge in [-0.05, 0) is 17.7 Å². The van der Waals surface area contributed by atoms with Crippen LogP contribution >= 0.6 is 12.6 Å². The predicted octanol–water partition coefficient (Wildman–Crippen LogP) is 1.92. The Morgan fingerprint density at radius 1 is 1.04 bits per heavy atom. The molecule has 1 heterocycles. The number of quaternary nitrogens is 1. The van der Waals surface area contributed by atoms with Gasteiger partial charge in [-0.2, -0.15) is 12.6 Å². The van der Waals surface area contributed by atoms with Gasteiger partial charge in [0.05, 0.1) is 64.0 Å². The Hall–Kier alpha value is -1.69. The van der Waals surface area contributed by atoms with Gasteiger partial charge in [-0.1, -0.05) is 42.5 Å². The average molecular weight is 374 g/mol. The van der Waals surface area contributed by atoms with E-state index < -0.39 is 0 Å². The van der Waals surface area contributed by atoms with E-state index in [1.807, 2.05) is 30.3 Å². The second kappa shape index (κ2) is 9.86. The fourth-order valence-electron chi connectivity index (χ4n) is 3.44. The zero-order valence-corrected chi connectivity index (χ0v) is 16.3. The summed E-state index contributed by atoms with van der Waals surface area (Å²) in [5.41, 5.74) is 2.41. The fourth-order valence-corrected chi connectivity index (χ4v) is 3.80. The Kier molecular flexibility index (Phi) is 7.23. The lowest BCUT2D eigenvalue weighted by atomic mass is 10.2. The van der Waals surface area contributed by atoms with Crippen molar-refractivity contribution in [1.29, 1.82) is 0 Å². The van der Waals surface area contributed by atoms with Crippen molar-refractivity contribution in [3.63, 3.8) is 0 Å². The Morgan fingerprint density at radius 3 is 2.46 bits per heavy atom. The van der Waals surface area contributed by atoms with E-state index in [4.69, 9.17) is 22.1 Å². The molecule has 140 valence electrons. The largest absolute Gasteiger partial charge is 0.495 e. The minimum atomic E-state index is 0.270. The molecular weight excluding hydrogens is 344 g/mol. The smallest absolute Gasteiger partial charge is 0.142 e. The van der Waals surface area contributed by atoms with E-state index in [1.165, 1.54) is 11.3 Å². The number of nitrogens with zero attached hydrogens (tertiary/aromatic N) is 1. The van der Waals surface area contributed by atoms with E-state index in [9.17, 15) is 0 Å². The van der Waals surface area contributed by atoms with Gasteiger partial charge in [0.2, 0.25) is 0 Å². The molecule has 26 heavy (non-hydrogen) atoms. The standard InChI is InChI=1S/C21H28N2O2S/c1-24-21-10-6-5-9-20(21)23-13-11-22(12-14-23)15-19(26)17-25-16-18-7-3-2-4-8-18/h2-10,19,26H,11-17H2,1H3/p+1/t19-/m0/s1. The first kappa shape index (κ1) is 19.1. The first-order chi connectivity index (χ1) is 12.8. The van der Waals surface area contributed by atoms with Crippen molar-refractivity contribution in [3.8, 4) is 5.75 Å². The van der Waals surface area contributed by atoms with Gasteiger partial charge in [-0.25, -0.2) is 0 Å². The number of methoxy groups -OCH3 is 1. The highest BCUT2D eigenvalue weighted by Crippen LogP contribution is 2.27. The molecule has 4 nitrogen and oxygen atoms in total. The maximum absolute atomic E-state index is 5.83. The summed E-state index contributed by atoms with van der Waals surface area (Å²) in [5, 5.41) is 0.270. The molecule has 0 unspecified atom stereocenters. The Bertz CT molecular complexity index is 660. The number of piperazine rings is 1. The molecule has 0 spiro atoms. The minimum Gasteiger partial charge on any atom is -0.495 e. The second-order valence-electron chi connectivity index (χ2n) is 6.77. The molecule has 0 radical (unpaired) electrons. The lowest BCUT2D eigenvalue weighted by Gasteiger charge is -2.35. The first-order valence-corrected chi connectivity index (χ1v) is 9.79. The van der Waals surface area contributed by atoms with Crippen LogP contribution in [0.25, 0.3) is 0 Å². The first-order valence-electron chi connectivity index (χ1n) is 9.27. The molecule has 0 amide bonds. The normalized spacial score (nSPS) is 16.5. The van der Waals surface area contributed by atoms with Crippen LogP contribution in [0.3, 0.4) is 0 Å². The maximum atomic E-state index is 5.83. The number of ether oxygens (including phenoxy) is 2. The summed E-state index contributed by atoms with van der Waals surface area (Å²) in [7, 11) is 1.74. The molecule has 0 aliphatic carbocycles. The third kappa shape index (κ3) is 5.40. The van der Waals surface area contributed by atoms with Crippen LogP contribution in [0.5, 0.6) is 5.75 Å². The SMILES string of the molecule is COc1ccccc1N1CC[NH+](C[C@H](S)COCc2ccccc2)CC1. The highest BCUT2D eigenvalue weighted by atomic mass is 32.1. The van der Waals surface area contributed by atoms with Crippen LogP contribution in [0.15, 0.2) is 54.6 Å². The van der Waals surface area contributed by atoms with Crippen LogP contribution in [0.2, 0.25) is 0 Å². The third-order valence-corrected chi connectivity index (χ3v) is 5.17. The molecule has 0 saturated carbocycles. The van der Waals surface area contributed by atoms with Crippen molar-refractivity contribution < 1.29 is 14.4 Å². The summed E-state index contributed by atoms with van der Waals surface area (Å²) < 4.78 is 11.3. The molecule has 2 aromatic rings. The number of nitrogens with one attached hydrogen (secondary N) is 1. The Labute approximate surface area is 162 Å². The molecule has 1 N–H and O–H groups in total. The van der Waals surface area contributed by atoms with Gasteiger partial charge >= 0.3 is 0 Å². The summed E-state index contributed by atoms with van der Waals surface area (Å²) in [6.07, 6.45) is 0. The van der Waals surface area contributed by atoms with Crippen molar-refractivity contribution in [2.24, 2.45) is 0 Å². The van der Waals surface area contributed by atoms with Crippen LogP contribution in [-0.4, -0.2) is 51.7 Å². The molecule has 0 bridgehead atoms. The van der Waals surface area contributed by atoms with E-state index in [0.717, 1.165) is 38.5 Å². The van der Waals surface area contributed by atoms with Gasteiger partial charge in [0.1, 0.15) is 5.75 Å². The Morgan fingerprint density at radius 2 is 1.73 bits per heavy atom. The number of anilines is 1. The van der Waals surface area contributed by atoms with E-state index in [1.54, 1.807) is 12.0 Å². The van der Waals surface area contributed by atoms with Gasteiger partial charge in [0, 0.05) is 0 Å². The summed E-state index contributed by atoms with van der Waals surface area (Å²) in [6, 6.07) is 18.6. The monoisotopic (exact) mass is 373 g/mol. The summed E-state index contributed by atoms with van der Waals surface area (Å²) in [5.74, 6) is 0.956. The molecule has 5 heteroatoms. The van der Waals surface area contributed by atoms with Gasteiger partial charge in [-0.15, -0.1) is 0 Å². The molecule has 2 aromatic carbocycles. The van der Waals surface area contributed by atoms with Crippen LogP contribution in [0, 0.1) is 0 Å². The van der Waals surface area contributed by atoms with Crippen LogP contribution in [0.4, 0.5) is 5.69 Å². The lowest BCUT2D eigenvalue weighted by Crippen LogP contribution is -3.15. The van der Waals surface area contributed by atoms with E-state index in [2.05, 4.69) is 29.2 Å². The van der Waals surface area contributed by atoms with Crippen LogP contribution < -0.4 is 14.5 Å². The number of thiol groups is 1. The molecule has 0 aromatic heterocycles. The van der Waals surface area contributed by atoms with E-state index in [-0.39, 0.29) is 5.25 Å². The molecule has 1 fully saturated rings. The predicted molar refractivity (Wildman–Crippen MR) is 110 cm³/mol. The van der Waals surface area contributed by atoms with Crippen LogP contribution in [-0.2, 0) is 11.3 Å². The van der Waals surface area contributed by atoms with Crippen molar-refractivity contribution >= 4 is 18.3 Å². The Balaban J connectivity index is 1.39. The fraction of sp³-hybridized carbons (Fsp3) is 0.429. The third-order valence-electron chi connectivity index (χ3n) is 4.84. The van der Waals surface area contributed by atoms with Crippen molar-refractivity contribution in [1.82, 2.24) is 0 Å². The molecular formula is C21H29N2O2S+. The quantitative estimate of drug-likeness (QED) is 0.692. The van der Waals surface area contributed by atoms with Gasteiger partial charge < -0.3 is 19.3 Å². The van der Waals surface area contributed by atoms with Gasteiger partial charge in [0.25, 0.3) is 0 Å². The molecule has 1 aliphatic heterocycles. The maximum Gasteiger partial charge on any atom is 0.142 e. The summed E-state index contributed by atoms with van der Waals surface area (Å²) in [6.45, 7) is 6.72. The number of benzene rings is 2. The summed E-state index contributed by atoms with van der Waals surface area (Å²) in [4.78, 5) is 4.02. The highest BCUT2D eigenvalue weighted by molar-refractivity contribution is 7.81. The van der Waals surface area contributed by atoms with Crippen molar-refractivity contribution in [2.45, 2.75) is 11.9 Å². The molecule has 3 rings (SSSR count). The van der Waals surface area contributed by atoms with Gasteiger partial charge in [0.15, 0.2) is 0 Å². The topological polar surface area (TPSA) is 26.1 Å². The average Bonchev–Trinajstić information content (AvgIpc) is 2.69. The number of hydrogen-bond acceptors (Lipinski definition) is 4. The number of para-hydroxylation sites is 2. The number of rotatable bonds is 8. The van der Waals surface area contributed by atoms with Crippen LogP contribution in [0.1, 0.15) is 5.56 Å². The van der Waals surface area contributed by atoms with Crippen molar-refractivity contribution in [2.75, 3.05) is 51.3 Å². The molecule has 1 atom stereocenters. The van der Waals surface area contributed by atoms with E-state index >= 15 is 0 Å². The number of hydrogen-bond donors (Lipinski definition) is 2.